The predicted molar refractivity (Wildman–Crippen MR) is 73.4 cm³/mol. The van der Waals surface area contributed by atoms with Crippen LogP contribution in [0.4, 0.5) is 0 Å². The van der Waals surface area contributed by atoms with E-state index in [9.17, 15) is 0 Å². The fraction of sp³-hybridized carbons (Fsp3) is 0.429. The summed E-state index contributed by atoms with van der Waals surface area (Å²) < 4.78 is 12.8. The molecule has 5 nitrogen and oxygen atoms in total. The molecule has 1 heterocycles. The lowest BCUT2D eigenvalue weighted by Gasteiger charge is -2.14. The van der Waals surface area contributed by atoms with Crippen LogP contribution in [0.25, 0.3) is 11.4 Å². The van der Waals surface area contributed by atoms with Crippen molar-refractivity contribution in [3.8, 4) is 22.9 Å². The Bertz CT molecular complexity index is 549. The van der Waals surface area contributed by atoms with Crippen molar-refractivity contribution in [2.45, 2.75) is 20.4 Å². The highest BCUT2D eigenvalue weighted by atomic mass is 16.5. The van der Waals surface area contributed by atoms with E-state index in [0.717, 1.165) is 17.9 Å². The highest BCUT2D eigenvalue weighted by Gasteiger charge is 2.16. The highest BCUT2D eigenvalue weighted by molar-refractivity contribution is 5.68. The summed E-state index contributed by atoms with van der Waals surface area (Å²) in [6.07, 6.45) is 1.74. The van der Waals surface area contributed by atoms with Crippen molar-refractivity contribution in [1.29, 1.82) is 0 Å². The number of methoxy groups -OCH3 is 2. The SMILES string of the molecule is COc1cccc(-c2nncn2CC(C)C)c1OC. The molecule has 0 atom stereocenters. The van der Waals surface area contributed by atoms with Gasteiger partial charge in [0.1, 0.15) is 6.33 Å². The standard InChI is InChI=1S/C14H19N3O2/c1-10(2)8-17-9-15-16-14(17)11-6-5-7-12(18-3)13(11)19-4/h5-7,9-10H,8H2,1-4H3. The van der Waals surface area contributed by atoms with Crippen LogP contribution in [0.3, 0.4) is 0 Å². The highest BCUT2D eigenvalue weighted by Crippen LogP contribution is 2.36. The molecular formula is C14H19N3O2. The van der Waals surface area contributed by atoms with Crippen LogP contribution in [0.5, 0.6) is 11.5 Å². The Morgan fingerprint density at radius 2 is 2.00 bits per heavy atom. The molecule has 0 N–H and O–H groups in total. The van der Waals surface area contributed by atoms with E-state index in [1.807, 2.05) is 22.8 Å². The molecule has 5 heteroatoms. The summed E-state index contributed by atoms with van der Waals surface area (Å²) in [5.74, 6) is 2.69. The fourth-order valence-corrected chi connectivity index (χ4v) is 2.05. The van der Waals surface area contributed by atoms with Crippen molar-refractivity contribution in [2.24, 2.45) is 5.92 Å². The van der Waals surface area contributed by atoms with E-state index in [2.05, 4.69) is 24.0 Å². The zero-order valence-corrected chi connectivity index (χ0v) is 11.8. The normalized spacial score (nSPS) is 10.8. The van der Waals surface area contributed by atoms with E-state index in [0.29, 0.717) is 17.4 Å². The van der Waals surface area contributed by atoms with Crippen LogP contribution in [0, 0.1) is 5.92 Å². The van der Waals surface area contributed by atoms with Crippen LogP contribution in [0.2, 0.25) is 0 Å². The quantitative estimate of drug-likeness (QED) is 0.830. The van der Waals surface area contributed by atoms with Crippen molar-refractivity contribution in [2.75, 3.05) is 14.2 Å². The first-order valence-electron chi connectivity index (χ1n) is 6.26. The average molecular weight is 261 g/mol. The van der Waals surface area contributed by atoms with Crippen molar-refractivity contribution >= 4 is 0 Å². The molecule has 102 valence electrons. The van der Waals surface area contributed by atoms with Crippen LogP contribution in [0.15, 0.2) is 24.5 Å². The molecule has 0 bridgehead atoms. The van der Waals surface area contributed by atoms with Gasteiger partial charge in [-0.05, 0) is 18.1 Å². The number of ether oxygens (including phenoxy) is 2. The third-order valence-corrected chi connectivity index (χ3v) is 2.82. The monoisotopic (exact) mass is 261 g/mol. The molecule has 0 radical (unpaired) electrons. The van der Waals surface area contributed by atoms with Crippen molar-refractivity contribution in [3.63, 3.8) is 0 Å². The second kappa shape index (κ2) is 5.73. The second-order valence-electron chi connectivity index (χ2n) is 4.74. The summed E-state index contributed by atoms with van der Waals surface area (Å²) in [7, 11) is 3.25. The molecule has 0 unspecified atom stereocenters. The first-order valence-corrected chi connectivity index (χ1v) is 6.26. The zero-order chi connectivity index (χ0) is 13.8. The van der Waals surface area contributed by atoms with Gasteiger partial charge < -0.3 is 14.0 Å². The molecule has 1 aromatic heterocycles. The van der Waals surface area contributed by atoms with Crippen LogP contribution >= 0.6 is 0 Å². The first kappa shape index (κ1) is 13.4. The molecule has 0 fully saturated rings. The van der Waals surface area contributed by atoms with Crippen molar-refractivity contribution < 1.29 is 9.47 Å². The topological polar surface area (TPSA) is 49.2 Å². The number of hydrogen-bond acceptors (Lipinski definition) is 4. The van der Waals surface area contributed by atoms with Crippen LogP contribution in [-0.2, 0) is 6.54 Å². The van der Waals surface area contributed by atoms with Gasteiger partial charge in [-0.15, -0.1) is 10.2 Å². The predicted octanol–water partition coefficient (Wildman–Crippen LogP) is 2.62. The van der Waals surface area contributed by atoms with Crippen LogP contribution in [-0.4, -0.2) is 29.0 Å². The number of hydrogen-bond donors (Lipinski definition) is 0. The minimum atomic E-state index is 0.520. The van der Waals surface area contributed by atoms with Gasteiger partial charge in [0, 0.05) is 6.54 Å². The van der Waals surface area contributed by atoms with Gasteiger partial charge >= 0.3 is 0 Å². The van der Waals surface area contributed by atoms with Gasteiger partial charge in [-0.1, -0.05) is 19.9 Å². The van der Waals surface area contributed by atoms with E-state index >= 15 is 0 Å². The lowest BCUT2D eigenvalue weighted by molar-refractivity contribution is 0.355. The molecule has 0 aliphatic heterocycles. The lowest BCUT2D eigenvalue weighted by Crippen LogP contribution is -2.06. The summed E-state index contributed by atoms with van der Waals surface area (Å²) in [6.45, 7) is 5.18. The molecule has 2 aromatic rings. The van der Waals surface area contributed by atoms with E-state index in [4.69, 9.17) is 9.47 Å². The Labute approximate surface area is 113 Å². The molecule has 0 saturated carbocycles. The zero-order valence-electron chi connectivity index (χ0n) is 11.8. The average Bonchev–Trinajstić information content (AvgIpc) is 2.84. The summed E-state index contributed by atoms with van der Waals surface area (Å²) >= 11 is 0. The van der Waals surface area contributed by atoms with Crippen molar-refractivity contribution in [3.05, 3.63) is 24.5 Å². The summed E-state index contributed by atoms with van der Waals surface area (Å²) in [5.41, 5.74) is 0.889. The molecule has 0 saturated heterocycles. The maximum Gasteiger partial charge on any atom is 0.171 e. The van der Waals surface area contributed by atoms with E-state index in [1.54, 1.807) is 20.5 Å². The van der Waals surface area contributed by atoms with Gasteiger partial charge in [0.05, 0.1) is 19.8 Å². The maximum atomic E-state index is 5.45. The van der Waals surface area contributed by atoms with Gasteiger partial charge in [-0.2, -0.15) is 0 Å². The van der Waals surface area contributed by atoms with Gasteiger partial charge in [-0.25, -0.2) is 0 Å². The number of benzene rings is 1. The lowest BCUT2D eigenvalue weighted by atomic mass is 10.1. The summed E-state index contributed by atoms with van der Waals surface area (Å²) in [6, 6.07) is 5.75. The van der Waals surface area contributed by atoms with Gasteiger partial charge in [0.25, 0.3) is 0 Å². The first-order chi connectivity index (χ1) is 9.17. The smallest absolute Gasteiger partial charge is 0.171 e. The molecule has 0 amide bonds. The molecule has 2 rings (SSSR count). The third kappa shape index (κ3) is 2.70. The molecule has 19 heavy (non-hydrogen) atoms. The van der Waals surface area contributed by atoms with E-state index in [1.165, 1.54) is 0 Å². The van der Waals surface area contributed by atoms with E-state index < -0.39 is 0 Å². The van der Waals surface area contributed by atoms with E-state index in [-0.39, 0.29) is 0 Å². The summed E-state index contributed by atoms with van der Waals surface area (Å²) in [5, 5.41) is 8.20. The molecule has 0 aliphatic carbocycles. The Hall–Kier alpha value is -2.04. The second-order valence-corrected chi connectivity index (χ2v) is 4.74. The fourth-order valence-electron chi connectivity index (χ4n) is 2.05. The number of aromatic nitrogens is 3. The number of rotatable bonds is 5. The molecular weight excluding hydrogens is 242 g/mol. The molecule has 1 aromatic carbocycles. The molecule has 0 aliphatic rings. The number of para-hydroxylation sites is 1. The van der Waals surface area contributed by atoms with Crippen molar-refractivity contribution in [1.82, 2.24) is 14.8 Å². The van der Waals surface area contributed by atoms with Crippen LogP contribution in [0.1, 0.15) is 13.8 Å². The van der Waals surface area contributed by atoms with Crippen LogP contribution < -0.4 is 9.47 Å². The largest absolute Gasteiger partial charge is 0.493 e. The Morgan fingerprint density at radius 1 is 1.21 bits per heavy atom. The Balaban J connectivity index is 2.50. The minimum Gasteiger partial charge on any atom is -0.493 e. The maximum absolute atomic E-state index is 5.45. The van der Waals surface area contributed by atoms with Gasteiger partial charge in [0.2, 0.25) is 0 Å². The minimum absolute atomic E-state index is 0.520. The third-order valence-electron chi connectivity index (χ3n) is 2.82. The molecule has 0 spiro atoms. The Morgan fingerprint density at radius 3 is 2.63 bits per heavy atom. The Kier molecular flexibility index (Phi) is 4.04. The number of nitrogens with zero attached hydrogens (tertiary/aromatic N) is 3. The van der Waals surface area contributed by atoms with Gasteiger partial charge in [-0.3, -0.25) is 0 Å². The summed E-state index contributed by atoms with van der Waals surface area (Å²) in [4.78, 5) is 0. The van der Waals surface area contributed by atoms with Gasteiger partial charge in [0.15, 0.2) is 17.3 Å².